The van der Waals surface area contributed by atoms with Crippen LogP contribution in [0.3, 0.4) is 0 Å². The maximum Gasteiger partial charge on any atom is 0.365 e. The Balaban J connectivity index is 2.05. The van der Waals surface area contributed by atoms with Crippen LogP contribution in [0, 0.1) is 11.3 Å². The average molecular weight is 255 g/mol. The van der Waals surface area contributed by atoms with Crippen molar-refractivity contribution in [2.24, 2.45) is 0 Å². The number of para-hydroxylation sites is 1. The Labute approximate surface area is 107 Å². The summed E-state index contributed by atoms with van der Waals surface area (Å²) in [6, 6.07) is 10.6. The molecule has 2 aromatic rings. The highest BCUT2D eigenvalue weighted by Crippen LogP contribution is 2.22. The number of nitrogens with zero attached hydrogens (tertiary/aromatic N) is 5. The van der Waals surface area contributed by atoms with E-state index in [0.29, 0.717) is 5.82 Å². The second-order valence-electron chi connectivity index (χ2n) is 4.04. The summed E-state index contributed by atoms with van der Waals surface area (Å²) < 4.78 is 2.21. The minimum Gasteiger partial charge on any atom is -0.285 e. The first kappa shape index (κ1) is 11.2. The first-order chi connectivity index (χ1) is 9.22. The van der Waals surface area contributed by atoms with Crippen molar-refractivity contribution in [3.8, 4) is 6.07 Å². The predicted octanol–water partition coefficient (Wildman–Crippen LogP) is 0.557. The van der Waals surface area contributed by atoms with Crippen molar-refractivity contribution in [3.63, 3.8) is 0 Å². The summed E-state index contributed by atoms with van der Waals surface area (Å²) in [5.74, 6) is 0.356. The Morgan fingerprint density at radius 3 is 2.68 bits per heavy atom. The van der Waals surface area contributed by atoms with E-state index in [1.54, 1.807) is 12.1 Å². The summed E-state index contributed by atoms with van der Waals surface area (Å²) in [6.07, 6.45) is 0. The van der Waals surface area contributed by atoms with Crippen molar-refractivity contribution in [1.82, 2.24) is 14.3 Å². The second kappa shape index (κ2) is 4.10. The van der Waals surface area contributed by atoms with Gasteiger partial charge in [-0.2, -0.15) is 14.9 Å². The number of fused-ring (bicyclic) bond motifs is 1. The smallest absolute Gasteiger partial charge is 0.285 e. The topological polar surface area (TPSA) is 83.9 Å². The van der Waals surface area contributed by atoms with Crippen LogP contribution < -0.4 is 10.6 Å². The van der Waals surface area contributed by atoms with E-state index in [4.69, 9.17) is 5.26 Å². The van der Waals surface area contributed by atoms with Crippen molar-refractivity contribution in [3.05, 3.63) is 46.6 Å². The lowest BCUT2D eigenvalue weighted by atomic mass is 10.3. The van der Waals surface area contributed by atoms with Crippen molar-refractivity contribution in [1.29, 1.82) is 5.26 Å². The van der Waals surface area contributed by atoms with Crippen molar-refractivity contribution < 1.29 is 4.79 Å². The SMILES string of the molecule is N#CCn1c(=O)nc2n1C(=O)N(c1ccccc1)C2. The fourth-order valence-corrected chi connectivity index (χ4v) is 2.09. The number of benzene rings is 1. The Bertz CT molecular complexity index is 738. The lowest BCUT2D eigenvalue weighted by Gasteiger charge is -2.14. The highest BCUT2D eigenvalue weighted by Gasteiger charge is 2.32. The second-order valence-corrected chi connectivity index (χ2v) is 4.04. The zero-order valence-corrected chi connectivity index (χ0v) is 9.85. The predicted molar refractivity (Wildman–Crippen MR) is 65.5 cm³/mol. The van der Waals surface area contributed by atoms with Crippen LogP contribution in [0.1, 0.15) is 5.82 Å². The van der Waals surface area contributed by atoms with Crippen molar-refractivity contribution in [2.75, 3.05) is 4.90 Å². The molecule has 1 aliphatic rings. The Kier molecular flexibility index (Phi) is 2.42. The molecule has 0 radical (unpaired) electrons. The van der Waals surface area contributed by atoms with E-state index in [0.717, 1.165) is 10.4 Å². The number of nitriles is 1. The number of carbonyl (C=O) groups excluding carboxylic acids is 1. The molecule has 7 heteroatoms. The zero-order chi connectivity index (χ0) is 13.4. The molecule has 0 saturated heterocycles. The summed E-state index contributed by atoms with van der Waals surface area (Å²) in [4.78, 5) is 29.1. The number of carbonyl (C=O) groups is 1. The van der Waals surface area contributed by atoms with Crippen molar-refractivity contribution >= 4 is 11.7 Å². The van der Waals surface area contributed by atoms with E-state index >= 15 is 0 Å². The van der Waals surface area contributed by atoms with Crippen molar-refractivity contribution in [2.45, 2.75) is 13.1 Å². The molecule has 1 aliphatic heterocycles. The van der Waals surface area contributed by atoms with E-state index in [-0.39, 0.29) is 19.1 Å². The number of amides is 1. The lowest BCUT2D eigenvalue weighted by Crippen LogP contribution is -2.33. The molecule has 1 amide bonds. The molecule has 0 saturated carbocycles. The molecular weight excluding hydrogens is 246 g/mol. The van der Waals surface area contributed by atoms with Gasteiger partial charge in [0.05, 0.1) is 12.6 Å². The third-order valence-electron chi connectivity index (χ3n) is 2.93. The van der Waals surface area contributed by atoms with Gasteiger partial charge in [0.25, 0.3) is 0 Å². The van der Waals surface area contributed by atoms with Crippen LogP contribution in [0.25, 0.3) is 0 Å². The van der Waals surface area contributed by atoms with Crippen LogP contribution in [-0.2, 0) is 13.1 Å². The number of rotatable bonds is 2. The third-order valence-corrected chi connectivity index (χ3v) is 2.93. The molecular formula is C12H9N5O2. The summed E-state index contributed by atoms with van der Waals surface area (Å²) in [5, 5.41) is 8.69. The molecule has 0 aliphatic carbocycles. The van der Waals surface area contributed by atoms with Crippen LogP contribution in [0.4, 0.5) is 10.5 Å². The summed E-state index contributed by atoms with van der Waals surface area (Å²) in [7, 11) is 0. The van der Waals surface area contributed by atoms with E-state index in [1.807, 2.05) is 24.3 Å². The molecule has 2 heterocycles. The minimum absolute atomic E-state index is 0.194. The monoisotopic (exact) mass is 255 g/mol. The van der Waals surface area contributed by atoms with E-state index in [2.05, 4.69) is 4.98 Å². The standard InChI is InChI=1S/C12H9N5O2/c13-6-7-16-11(18)14-10-8-15(12(19)17(10)16)9-4-2-1-3-5-9/h1-5H,7-8H2. The normalized spacial score (nSPS) is 13.4. The number of hydrogen-bond donors (Lipinski definition) is 0. The summed E-state index contributed by atoms with van der Waals surface area (Å²) >= 11 is 0. The highest BCUT2D eigenvalue weighted by atomic mass is 16.2. The van der Waals surface area contributed by atoms with E-state index < -0.39 is 5.69 Å². The quantitative estimate of drug-likeness (QED) is 0.784. The van der Waals surface area contributed by atoms with Crippen LogP contribution in [-0.4, -0.2) is 20.4 Å². The molecule has 94 valence electrons. The summed E-state index contributed by atoms with van der Waals surface area (Å²) in [6.45, 7) is 0.0384. The van der Waals surface area contributed by atoms with Gasteiger partial charge in [0.15, 0.2) is 5.82 Å². The maximum absolute atomic E-state index is 12.3. The van der Waals surface area contributed by atoms with Gasteiger partial charge in [-0.3, -0.25) is 4.90 Å². The van der Waals surface area contributed by atoms with Gasteiger partial charge in [0.1, 0.15) is 6.54 Å². The molecule has 0 N–H and O–H groups in total. The Hall–Kier alpha value is -2.88. The lowest BCUT2D eigenvalue weighted by molar-refractivity contribution is 0.245. The van der Waals surface area contributed by atoms with Crippen LogP contribution in [0.2, 0.25) is 0 Å². The molecule has 19 heavy (non-hydrogen) atoms. The molecule has 0 fully saturated rings. The Morgan fingerprint density at radius 2 is 2.00 bits per heavy atom. The maximum atomic E-state index is 12.3. The molecule has 7 nitrogen and oxygen atoms in total. The fourth-order valence-electron chi connectivity index (χ4n) is 2.09. The third kappa shape index (κ3) is 1.62. The largest absolute Gasteiger partial charge is 0.365 e. The van der Waals surface area contributed by atoms with E-state index in [9.17, 15) is 9.59 Å². The number of anilines is 1. The van der Waals surface area contributed by atoms with E-state index in [1.165, 1.54) is 9.58 Å². The van der Waals surface area contributed by atoms with Gasteiger partial charge < -0.3 is 0 Å². The van der Waals surface area contributed by atoms with Gasteiger partial charge >= 0.3 is 11.7 Å². The number of aromatic nitrogens is 3. The van der Waals surface area contributed by atoms with Crippen LogP contribution in [0.5, 0.6) is 0 Å². The van der Waals surface area contributed by atoms with Gasteiger partial charge in [0, 0.05) is 5.69 Å². The highest BCUT2D eigenvalue weighted by molar-refractivity contribution is 5.95. The molecule has 0 spiro atoms. The van der Waals surface area contributed by atoms with Gasteiger partial charge in [-0.15, -0.1) is 0 Å². The first-order valence-electron chi connectivity index (χ1n) is 5.65. The van der Waals surface area contributed by atoms with Gasteiger partial charge in [-0.05, 0) is 12.1 Å². The summed E-state index contributed by atoms with van der Waals surface area (Å²) in [5.41, 5.74) is 0.159. The minimum atomic E-state index is -0.572. The average Bonchev–Trinajstić information content (AvgIpc) is 2.89. The van der Waals surface area contributed by atoms with Crippen LogP contribution >= 0.6 is 0 Å². The molecule has 0 bridgehead atoms. The zero-order valence-electron chi connectivity index (χ0n) is 9.85. The fraction of sp³-hybridized carbons (Fsp3) is 0.167. The molecule has 0 atom stereocenters. The van der Waals surface area contributed by atoms with Gasteiger partial charge in [-0.25, -0.2) is 14.3 Å². The van der Waals surface area contributed by atoms with Gasteiger partial charge in [-0.1, -0.05) is 18.2 Å². The molecule has 3 rings (SSSR count). The number of hydrogen-bond acceptors (Lipinski definition) is 4. The molecule has 0 unspecified atom stereocenters. The van der Waals surface area contributed by atoms with Crippen LogP contribution in [0.15, 0.2) is 35.1 Å². The molecule has 1 aromatic heterocycles. The van der Waals surface area contributed by atoms with Gasteiger partial charge in [0.2, 0.25) is 0 Å². The first-order valence-corrected chi connectivity index (χ1v) is 5.65. The Morgan fingerprint density at radius 1 is 1.26 bits per heavy atom. The molecule has 1 aromatic carbocycles.